The van der Waals surface area contributed by atoms with Crippen LogP contribution in [0.4, 0.5) is 4.79 Å². The van der Waals surface area contributed by atoms with Crippen molar-refractivity contribution in [2.75, 3.05) is 19.6 Å². The zero-order valence-corrected chi connectivity index (χ0v) is 14.6. The number of piperazine rings is 1. The second-order valence-corrected chi connectivity index (χ2v) is 7.23. The number of amides is 1. The van der Waals surface area contributed by atoms with Gasteiger partial charge in [0.15, 0.2) is 0 Å². The van der Waals surface area contributed by atoms with Crippen molar-refractivity contribution in [2.24, 2.45) is 0 Å². The van der Waals surface area contributed by atoms with Gasteiger partial charge in [-0.1, -0.05) is 24.3 Å². The van der Waals surface area contributed by atoms with E-state index in [-0.39, 0.29) is 18.7 Å². The summed E-state index contributed by atoms with van der Waals surface area (Å²) in [6, 6.07) is 8.15. The Morgan fingerprint density at radius 2 is 1.83 bits per heavy atom. The SMILES string of the molecule is CC1CN(Cc2ccc(CO)cc2)CCN1C(=O)OC(C)(C)C. The van der Waals surface area contributed by atoms with Crippen molar-refractivity contribution >= 4 is 6.09 Å². The summed E-state index contributed by atoms with van der Waals surface area (Å²) in [5, 5.41) is 9.09. The van der Waals surface area contributed by atoms with Crippen molar-refractivity contribution in [1.82, 2.24) is 9.80 Å². The molecule has 5 heteroatoms. The first-order valence-corrected chi connectivity index (χ1v) is 8.19. The lowest BCUT2D eigenvalue weighted by molar-refractivity contribution is 0.000562. The van der Waals surface area contributed by atoms with Crippen molar-refractivity contribution in [1.29, 1.82) is 0 Å². The number of benzene rings is 1. The summed E-state index contributed by atoms with van der Waals surface area (Å²) >= 11 is 0. The van der Waals surface area contributed by atoms with Gasteiger partial charge in [0, 0.05) is 32.2 Å². The molecule has 1 amide bonds. The molecule has 0 saturated carbocycles. The normalized spacial score (nSPS) is 19.7. The zero-order chi connectivity index (χ0) is 17.0. The van der Waals surface area contributed by atoms with Crippen LogP contribution in [0.15, 0.2) is 24.3 Å². The lowest BCUT2D eigenvalue weighted by Gasteiger charge is -2.40. The minimum absolute atomic E-state index is 0.0753. The summed E-state index contributed by atoms with van der Waals surface area (Å²) in [4.78, 5) is 16.4. The largest absolute Gasteiger partial charge is 0.444 e. The molecule has 1 aliphatic rings. The Kier molecular flexibility index (Phi) is 5.65. The lowest BCUT2D eigenvalue weighted by atomic mass is 10.1. The van der Waals surface area contributed by atoms with Crippen LogP contribution in [-0.4, -0.2) is 52.3 Å². The maximum Gasteiger partial charge on any atom is 0.410 e. The standard InChI is InChI=1S/C18H28N2O3/c1-14-11-19(12-15-5-7-16(13-21)8-6-15)9-10-20(14)17(22)23-18(2,3)4/h5-8,14,21H,9-13H2,1-4H3. The highest BCUT2D eigenvalue weighted by Crippen LogP contribution is 2.17. The molecule has 5 nitrogen and oxygen atoms in total. The van der Waals surface area contributed by atoms with E-state index in [0.29, 0.717) is 6.54 Å². The number of ether oxygens (including phenoxy) is 1. The highest BCUT2D eigenvalue weighted by atomic mass is 16.6. The van der Waals surface area contributed by atoms with Crippen LogP contribution in [0.2, 0.25) is 0 Å². The highest BCUT2D eigenvalue weighted by Gasteiger charge is 2.30. The molecule has 1 atom stereocenters. The van der Waals surface area contributed by atoms with Crippen LogP contribution < -0.4 is 0 Å². The van der Waals surface area contributed by atoms with Crippen molar-refractivity contribution < 1.29 is 14.6 Å². The Morgan fingerprint density at radius 1 is 1.22 bits per heavy atom. The predicted octanol–water partition coefficient (Wildman–Crippen LogP) is 2.62. The number of aliphatic hydroxyl groups excluding tert-OH is 1. The fourth-order valence-corrected chi connectivity index (χ4v) is 2.78. The molecule has 0 bridgehead atoms. The third-order valence-electron chi connectivity index (χ3n) is 3.95. The van der Waals surface area contributed by atoms with E-state index in [2.05, 4.69) is 24.0 Å². The fourth-order valence-electron chi connectivity index (χ4n) is 2.78. The minimum Gasteiger partial charge on any atom is -0.444 e. The van der Waals surface area contributed by atoms with E-state index < -0.39 is 5.60 Å². The maximum atomic E-state index is 12.2. The van der Waals surface area contributed by atoms with Gasteiger partial charge in [0.05, 0.1) is 6.61 Å². The van der Waals surface area contributed by atoms with Gasteiger partial charge in [-0.3, -0.25) is 4.90 Å². The van der Waals surface area contributed by atoms with Crippen molar-refractivity contribution in [3.05, 3.63) is 35.4 Å². The topological polar surface area (TPSA) is 53.0 Å². The Hall–Kier alpha value is -1.59. The third-order valence-corrected chi connectivity index (χ3v) is 3.95. The molecule has 128 valence electrons. The molecule has 0 spiro atoms. The summed E-state index contributed by atoms with van der Waals surface area (Å²) in [6.45, 7) is 11.0. The van der Waals surface area contributed by atoms with Crippen LogP contribution >= 0.6 is 0 Å². The average Bonchev–Trinajstić information content (AvgIpc) is 2.46. The molecular weight excluding hydrogens is 292 g/mol. The number of hydrogen-bond acceptors (Lipinski definition) is 4. The molecule has 1 unspecified atom stereocenters. The molecular formula is C18H28N2O3. The Morgan fingerprint density at radius 3 is 2.35 bits per heavy atom. The van der Waals surface area contributed by atoms with Crippen LogP contribution in [0.5, 0.6) is 0 Å². The smallest absolute Gasteiger partial charge is 0.410 e. The minimum atomic E-state index is -0.456. The van der Waals surface area contributed by atoms with Crippen LogP contribution in [0.25, 0.3) is 0 Å². The summed E-state index contributed by atoms with van der Waals surface area (Å²) in [7, 11) is 0. The van der Waals surface area contributed by atoms with Gasteiger partial charge in [-0.15, -0.1) is 0 Å². The molecule has 1 heterocycles. The van der Waals surface area contributed by atoms with Gasteiger partial charge in [-0.05, 0) is 38.8 Å². The summed E-state index contributed by atoms with van der Waals surface area (Å²) in [5.74, 6) is 0. The molecule has 0 aliphatic carbocycles. The first-order valence-electron chi connectivity index (χ1n) is 8.19. The van der Waals surface area contributed by atoms with Crippen molar-refractivity contribution in [3.63, 3.8) is 0 Å². The van der Waals surface area contributed by atoms with Crippen LogP contribution in [0.1, 0.15) is 38.8 Å². The summed E-state index contributed by atoms with van der Waals surface area (Å²) in [5.41, 5.74) is 1.69. The number of nitrogens with zero attached hydrogens (tertiary/aromatic N) is 2. The van der Waals surface area contributed by atoms with Gasteiger partial charge in [-0.25, -0.2) is 4.79 Å². The second kappa shape index (κ2) is 7.32. The second-order valence-electron chi connectivity index (χ2n) is 7.23. The Bertz CT molecular complexity index is 522. The molecule has 1 fully saturated rings. The molecule has 1 aliphatic heterocycles. The van der Waals surface area contributed by atoms with Gasteiger partial charge in [0.2, 0.25) is 0 Å². The lowest BCUT2D eigenvalue weighted by Crippen LogP contribution is -2.54. The first-order chi connectivity index (χ1) is 10.8. The van der Waals surface area contributed by atoms with Gasteiger partial charge >= 0.3 is 6.09 Å². The van der Waals surface area contributed by atoms with E-state index in [0.717, 1.165) is 25.2 Å². The number of carbonyl (C=O) groups is 1. The molecule has 23 heavy (non-hydrogen) atoms. The molecule has 1 aromatic rings. The van der Waals surface area contributed by atoms with E-state index in [1.165, 1.54) is 5.56 Å². The van der Waals surface area contributed by atoms with Gasteiger partial charge in [0.1, 0.15) is 5.60 Å². The molecule has 1 saturated heterocycles. The highest BCUT2D eigenvalue weighted by molar-refractivity contribution is 5.68. The van der Waals surface area contributed by atoms with Gasteiger partial charge in [-0.2, -0.15) is 0 Å². The third kappa shape index (κ3) is 5.22. The molecule has 2 rings (SSSR count). The van der Waals surface area contributed by atoms with E-state index in [1.54, 1.807) is 0 Å². The average molecular weight is 320 g/mol. The quantitative estimate of drug-likeness (QED) is 0.930. The van der Waals surface area contributed by atoms with E-state index >= 15 is 0 Å². The number of aliphatic hydroxyl groups is 1. The van der Waals surface area contributed by atoms with Gasteiger partial charge in [0.25, 0.3) is 0 Å². The van der Waals surface area contributed by atoms with E-state index in [4.69, 9.17) is 9.84 Å². The molecule has 0 radical (unpaired) electrons. The fraction of sp³-hybridized carbons (Fsp3) is 0.611. The maximum absolute atomic E-state index is 12.2. The van der Waals surface area contributed by atoms with E-state index in [1.807, 2.05) is 37.8 Å². The molecule has 0 aromatic heterocycles. The van der Waals surface area contributed by atoms with Gasteiger partial charge < -0.3 is 14.7 Å². The van der Waals surface area contributed by atoms with Crippen molar-refractivity contribution in [2.45, 2.75) is 52.5 Å². The number of carbonyl (C=O) groups excluding carboxylic acids is 1. The molecule has 1 N–H and O–H groups in total. The monoisotopic (exact) mass is 320 g/mol. The van der Waals surface area contributed by atoms with Crippen molar-refractivity contribution in [3.8, 4) is 0 Å². The predicted molar refractivity (Wildman–Crippen MR) is 90.0 cm³/mol. The molecule has 1 aromatic carbocycles. The number of rotatable bonds is 3. The Balaban J connectivity index is 1.89. The summed E-state index contributed by atoms with van der Waals surface area (Å²) in [6.07, 6.45) is -0.225. The van der Waals surface area contributed by atoms with Crippen LogP contribution in [0, 0.1) is 0 Å². The number of hydrogen-bond donors (Lipinski definition) is 1. The zero-order valence-electron chi connectivity index (χ0n) is 14.6. The first kappa shape index (κ1) is 17.8. The van der Waals surface area contributed by atoms with E-state index in [9.17, 15) is 4.79 Å². The summed E-state index contributed by atoms with van der Waals surface area (Å²) < 4.78 is 5.47. The van der Waals surface area contributed by atoms with Crippen LogP contribution in [-0.2, 0) is 17.9 Å². The Labute approximate surface area is 138 Å². The van der Waals surface area contributed by atoms with Crippen LogP contribution in [0.3, 0.4) is 0 Å².